The molecule has 7 nitrogen and oxygen atoms in total. The molecule has 0 aliphatic carbocycles. The van der Waals surface area contributed by atoms with Crippen LogP contribution in [0.15, 0.2) is 23.1 Å². The maximum atomic E-state index is 12.4. The second kappa shape index (κ2) is 7.39. The van der Waals surface area contributed by atoms with Crippen molar-refractivity contribution in [2.24, 2.45) is 0 Å². The zero-order chi connectivity index (χ0) is 17.9. The highest BCUT2D eigenvalue weighted by Crippen LogP contribution is 2.35. The number of ether oxygens (including phenoxy) is 2. The summed E-state index contributed by atoms with van der Waals surface area (Å²) < 4.78 is 9.86. The third kappa shape index (κ3) is 3.53. The summed E-state index contributed by atoms with van der Waals surface area (Å²) in [5.74, 6) is -0.966. The fraction of sp³-hybridized carbons (Fsp3) is 0.312. The van der Waals surface area contributed by atoms with E-state index in [9.17, 15) is 19.5 Å². The van der Waals surface area contributed by atoms with E-state index in [0.29, 0.717) is 5.56 Å². The number of hydrogen-bond donors (Lipinski definition) is 1. The first-order chi connectivity index (χ1) is 11.4. The van der Waals surface area contributed by atoms with Gasteiger partial charge in [-0.25, -0.2) is 4.79 Å². The van der Waals surface area contributed by atoms with Crippen molar-refractivity contribution in [2.45, 2.75) is 19.9 Å². The van der Waals surface area contributed by atoms with Gasteiger partial charge in [0.05, 0.1) is 18.6 Å². The number of phenols is 1. The number of benzene rings is 1. The molecule has 128 valence electrons. The smallest absolute Gasteiger partial charge is 0.329 e. The molecule has 1 aliphatic heterocycles. The highest BCUT2D eigenvalue weighted by molar-refractivity contribution is 8.18. The highest BCUT2D eigenvalue weighted by Gasteiger charge is 2.41. The van der Waals surface area contributed by atoms with Crippen molar-refractivity contribution in [2.75, 3.05) is 13.7 Å². The molecule has 0 radical (unpaired) electrons. The Morgan fingerprint density at radius 1 is 1.42 bits per heavy atom. The number of phenolic OH excluding ortho intramolecular Hbond substituents is 1. The van der Waals surface area contributed by atoms with Crippen LogP contribution in [0.25, 0.3) is 6.08 Å². The number of amides is 2. The van der Waals surface area contributed by atoms with Gasteiger partial charge in [-0.1, -0.05) is 6.07 Å². The van der Waals surface area contributed by atoms with E-state index < -0.39 is 23.2 Å². The lowest BCUT2D eigenvalue weighted by Crippen LogP contribution is -2.42. The molecule has 8 heteroatoms. The van der Waals surface area contributed by atoms with E-state index >= 15 is 0 Å². The van der Waals surface area contributed by atoms with E-state index in [1.807, 2.05) is 0 Å². The van der Waals surface area contributed by atoms with Gasteiger partial charge in [-0.3, -0.25) is 14.5 Å². The number of thioether (sulfide) groups is 1. The minimum absolute atomic E-state index is 0.0290. The lowest BCUT2D eigenvalue weighted by atomic mass is 10.2. The number of imide groups is 1. The van der Waals surface area contributed by atoms with Gasteiger partial charge in [0.25, 0.3) is 11.1 Å². The predicted molar refractivity (Wildman–Crippen MR) is 88.6 cm³/mol. The van der Waals surface area contributed by atoms with Gasteiger partial charge < -0.3 is 14.6 Å². The normalized spacial score (nSPS) is 17.3. The van der Waals surface area contributed by atoms with Gasteiger partial charge in [0, 0.05) is 0 Å². The minimum atomic E-state index is -0.988. The maximum absolute atomic E-state index is 12.4. The van der Waals surface area contributed by atoms with Crippen LogP contribution in [-0.2, 0) is 14.3 Å². The molecule has 1 atom stereocenters. The van der Waals surface area contributed by atoms with E-state index in [-0.39, 0.29) is 23.0 Å². The van der Waals surface area contributed by atoms with Crippen LogP contribution in [0.2, 0.25) is 0 Å². The molecular formula is C16H17NO6S. The molecule has 1 saturated heterocycles. The van der Waals surface area contributed by atoms with Crippen molar-refractivity contribution in [3.63, 3.8) is 0 Å². The molecule has 1 N–H and O–H groups in total. The molecule has 1 fully saturated rings. The molecule has 2 rings (SSSR count). The number of methoxy groups -OCH3 is 1. The van der Waals surface area contributed by atoms with Crippen LogP contribution in [0.5, 0.6) is 11.5 Å². The summed E-state index contributed by atoms with van der Waals surface area (Å²) >= 11 is 0.746. The lowest BCUT2D eigenvalue weighted by Gasteiger charge is -2.19. The standard InChI is InChI=1S/C16H17NO6S/c1-4-23-15(20)9(2)17-14(19)13(24-16(17)21)8-10-5-6-11(18)12(7-10)22-3/h5-9,18H,4H2,1-3H3/b13-8+/t9-/m1/s1. The molecule has 0 spiro atoms. The summed E-state index contributed by atoms with van der Waals surface area (Å²) in [6.45, 7) is 3.26. The Balaban J connectivity index is 2.26. The van der Waals surface area contributed by atoms with Gasteiger partial charge in [0.1, 0.15) is 6.04 Å². The van der Waals surface area contributed by atoms with Crippen LogP contribution in [-0.4, -0.2) is 46.9 Å². The average molecular weight is 351 g/mol. The van der Waals surface area contributed by atoms with Crippen LogP contribution in [0.3, 0.4) is 0 Å². The molecular weight excluding hydrogens is 334 g/mol. The Hall–Kier alpha value is -2.48. The summed E-state index contributed by atoms with van der Waals surface area (Å²) in [7, 11) is 1.41. The van der Waals surface area contributed by atoms with Crippen molar-refractivity contribution >= 4 is 35.0 Å². The Labute approximate surface area is 143 Å². The number of aromatic hydroxyl groups is 1. The molecule has 0 saturated carbocycles. The van der Waals surface area contributed by atoms with E-state index in [0.717, 1.165) is 16.7 Å². The molecule has 1 aromatic carbocycles. The second-order valence-corrected chi connectivity index (χ2v) is 5.90. The highest BCUT2D eigenvalue weighted by atomic mass is 32.2. The summed E-state index contributed by atoms with van der Waals surface area (Å²) in [6, 6.07) is 3.56. The maximum Gasteiger partial charge on any atom is 0.329 e. The number of nitrogens with zero attached hydrogens (tertiary/aromatic N) is 1. The van der Waals surface area contributed by atoms with Crippen LogP contribution in [0.4, 0.5) is 4.79 Å². The van der Waals surface area contributed by atoms with E-state index in [1.165, 1.54) is 32.2 Å². The number of carbonyl (C=O) groups is 3. The van der Waals surface area contributed by atoms with Crippen LogP contribution < -0.4 is 4.74 Å². The number of rotatable bonds is 5. The molecule has 2 amide bonds. The first-order valence-electron chi connectivity index (χ1n) is 7.19. The van der Waals surface area contributed by atoms with Crippen LogP contribution in [0, 0.1) is 0 Å². The Bertz CT molecular complexity index is 715. The third-order valence-electron chi connectivity index (χ3n) is 3.34. The molecule has 24 heavy (non-hydrogen) atoms. The SMILES string of the molecule is CCOC(=O)[C@@H](C)N1C(=O)S/C(=C/c2ccc(O)c(OC)c2)C1=O. The lowest BCUT2D eigenvalue weighted by molar-refractivity contribution is -0.150. The first kappa shape index (κ1) is 17.9. The van der Waals surface area contributed by atoms with E-state index in [2.05, 4.69) is 0 Å². The van der Waals surface area contributed by atoms with Gasteiger partial charge in [-0.15, -0.1) is 0 Å². The molecule has 1 heterocycles. The Kier molecular flexibility index (Phi) is 5.50. The molecule has 0 aromatic heterocycles. The molecule has 1 aromatic rings. The quantitative estimate of drug-likeness (QED) is 0.643. The summed E-state index contributed by atoms with van der Waals surface area (Å²) in [4.78, 5) is 37.3. The van der Waals surface area contributed by atoms with Crippen LogP contribution in [0.1, 0.15) is 19.4 Å². The van der Waals surface area contributed by atoms with Crippen molar-refractivity contribution < 1.29 is 29.0 Å². The number of hydrogen-bond acceptors (Lipinski definition) is 7. The van der Waals surface area contributed by atoms with Gasteiger partial charge in [-0.2, -0.15) is 0 Å². The van der Waals surface area contributed by atoms with Gasteiger partial charge in [0.2, 0.25) is 0 Å². The van der Waals surface area contributed by atoms with Gasteiger partial charge >= 0.3 is 5.97 Å². The largest absolute Gasteiger partial charge is 0.504 e. The zero-order valence-electron chi connectivity index (χ0n) is 13.4. The average Bonchev–Trinajstić information content (AvgIpc) is 2.82. The number of esters is 1. The van der Waals surface area contributed by atoms with Crippen molar-refractivity contribution in [3.8, 4) is 11.5 Å². The fourth-order valence-electron chi connectivity index (χ4n) is 2.12. The topological polar surface area (TPSA) is 93.1 Å². The third-order valence-corrected chi connectivity index (χ3v) is 4.22. The first-order valence-corrected chi connectivity index (χ1v) is 8.01. The van der Waals surface area contributed by atoms with Crippen LogP contribution >= 0.6 is 11.8 Å². The molecule has 0 bridgehead atoms. The van der Waals surface area contributed by atoms with Gasteiger partial charge in [-0.05, 0) is 49.4 Å². The van der Waals surface area contributed by atoms with Crippen molar-refractivity contribution in [1.82, 2.24) is 4.90 Å². The minimum Gasteiger partial charge on any atom is -0.504 e. The van der Waals surface area contributed by atoms with Crippen molar-refractivity contribution in [3.05, 3.63) is 28.7 Å². The van der Waals surface area contributed by atoms with E-state index in [4.69, 9.17) is 9.47 Å². The van der Waals surface area contributed by atoms with E-state index in [1.54, 1.807) is 13.0 Å². The predicted octanol–water partition coefficient (Wildman–Crippen LogP) is 2.39. The number of carbonyl (C=O) groups excluding carboxylic acids is 3. The molecule has 1 aliphatic rings. The Morgan fingerprint density at radius 3 is 2.75 bits per heavy atom. The molecule has 0 unspecified atom stereocenters. The second-order valence-electron chi connectivity index (χ2n) is 4.91. The monoisotopic (exact) mass is 351 g/mol. The fourth-order valence-corrected chi connectivity index (χ4v) is 3.03. The summed E-state index contributed by atoms with van der Waals surface area (Å²) in [5.41, 5.74) is 0.582. The zero-order valence-corrected chi connectivity index (χ0v) is 14.3. The van der Waals surface area contributed by atoms with Crippen molar-refractivity contribution in [1.29, 1.82) is 0 Å². The Morgan fingerprint density at radius 2 is 2.12 bits per heavy atom. The van der Waals surface area contributed by atoms with Gasteiger partial charge in [0.15, 0.2) is 11.5 Å². The summed E-state index contributed by atoms with van der Waals surface area (Å²) in [6.07, 6.45) is 1.50. The summed E-state index contributed by atoms with van der Waals surface area (Å²) in [5, 5.41) is 9.05.